The van der Waals surface area contributed by atoms with Crippen molar-refractivity contribution >= 4 is 34.5 Å². The average Bonchev–Trinajstić information content (AvgIpc) is 3.42. The van der Waals surface area contributed by atoms with Crippen LogP contribution in [-0.2, 0) is 4.79 Å². The Morgan fingerprint density at radius 2 is 1.81 bits per heavy atom. The zero-order valence-corrected chi connectivity index (χ0v) is 23.3. The number of likely N-dealkylation sites (N-methyl/N-ethyl adjacent to an activating group) is 2. The third-order valence-corrected chi connectivity index (χ3v) is 10.6. The molecule has 1 aliphatic heterocycles. The molecule has 1 amide bonds. The highest BCUT2D eigenvalue weighted by molar-refractivity contribution is 7.15. The van der Waals surface area contributed by atoms with Crippen LogP contribution in [0, 0.1) is 16.7 Å². The fourth-order valence-electron chi connectivity index (χ4n) is 7.01. The highest BCUT2D eigenvalue weighted by Gasteiger charge is 2.55. The number of carbonyl (C=O) groups excluding carboxylic acids is 1. The molecule has 0 bridgehead atoms. The third kappa shape index (κ3) is 4.91. The van der Waals surface area contributed by atoms with Gasteiger partial charge in [-0.25, -0.2) is 4.79 Å². The lowest BCUT2D eigenvalue weighted by Crippen LogP contribution is -2.53. The van der Waals surface area contributed by atoms with Crippen molar-refractivity contribution in [1.29, 1.82) is 0 Å². The van der Waals surface area contributed by atoms with E-state index < -0.39 is 5.97 Å². The molecule has 1 spiro atoms. The number of allylic oxidation sites excluding steroid dienone is 2. The Morgan fingerprint density at radius 3 is 2.38 bits per heavy atom. The van der Waals surface area contributed by atoms with Crippen molar-refractivity contribution in [3.8, 4) is 0 Å². The third-order valence-electron chi connectivity index (χ3n) is 9.39. The van der Waals surface area contributed by atoms with Crippen LogP contribution in [-0.4, -0.2) is 64.2 Å². The van der Waals surface area contributed by atoms with Gasteiger partial charge in [-0.1, -0.05) is 13.0 Å². The Kier molecular flexibility index (Phi) is 7.35. The SMILES string of the molecule is CC1CCC(C(=O)N(c2cc(C3=CCCCC3)sc2C(=O)O)C2CCC3(CC2)CN(C)[N+](=O)N3C)CC1. The molecule has 1 aromatic heterocycles. The van der Waals surface area contributed by atoms with E-state index in [0.29, 0.717) is 18.2 Å². The second kappa shape index (κ2) is 10.4. The molecule has 2 saturated carbocycles. The van der Waals surface area contributed by atoms with Crippen LogP contribution in [0.2, 0.25) is 0 Å². The zero-order chi connectivity index (χ0) is 26.3. The Hall–Kier alpha value is -2.42. The Balaban J connectivity index is 1.47. The summed E-state index contributed by atoms with van der Waals surface area (Å²) >= 11 is 1.33. The second-order valence-corrected chi connectivity index (χ2v) is 12.9. The number of carbonyl (C=O) groups is 2. The molecule has 0 radical (unpaired) electrons. The molecule has 1 saturated heterocycles. The molecule has 1 aromatic rings. The topological polar surface area (TPSA) is 84.2 Å². The number of nitroso groups, excluding NO2 is 1. The Labute approximate surface area is 223 Å². The molecule has 3 aliphatic carbocycles. The van der Waals surface area contributed by atoms with Crippen LogP contribution in [0.4, 0.5) is 5.69 Å². The van der Waals surface area contributed by atoms with Crippen molar-refractivity contribution in [2.24, 2.45) is 11.8 Å². The quantitative estimate of drug-likeness (QED) is 0.491. The lowest BCUT2D eigenvalue weighted by Gasteiger charge is -2.42. The fourth-order valence-corrected chi connectivity index (χ4v) is 8.07. The first-order chi connectivity index (χ1) is 17.7. The molecule has 1 N–H and O–H groups in total. The predicted molar refractivity (Wildman–Crippen MR) is 145 cm³/mol. The monoisotopic (exact) mass is 529 g/mol. The van der Waals surface area contributed by atoms with Crippen molar-refractivity contribution in [2.75, 3.05) is 25.5 Å². The van der Waals surface area contributed by atoms with E-state index in [9.17, 15) is 19.6 Å². The van der Waals surface area contributed by atoms with Crippen LogP contribution in [0.15, 0.2) is 12.1 Å². The van der Waals surface area contributed by atoms with Crippen LogP contribution in [0.5, 0.6) is 0 Å². The summed E-state index contributed by atoms with van der Waals surface area (Å²) in [6.07, 6.45) is 13.5. The number of hydrogen-bond acceptors (Lipinski definition) is 4. The highest BCUT2D eigenvalue weighted by atomic mass is 32.1. The van der Waals surface area contributed by atoms with Gasteiger partial charge in [0.15, 0.2) is 0 Å². The Bertz CT molecular complexity index is 1080. The molecule has 4 aliphatic rings. The van der Waals surface area contributed by atoms with Gasteiger partial charge in [0.05, 0.1) is 24.7 Å². The largest absolute Gasteiger partial charge is 0.477 e. The predicted octanol–water partition coefficient (Wildman–Crippen LogP) is 5.73. The van der Waals surface area contributed by atoms with E-state index in [0.717, 1.165) is 80.5 Å². The molecular formula is C28H41N4O4S+. The van der Waals surface area contributed by atoms with Crippen molar-refractivity contribution in [3.05, 3.63) is 26.8 Å². The van der Waals surface area contributed by atoms with Crippen LogP contribution in [0.1, 0.15) is 98.5 Å². The van der Waals surface area contributed by atoms with E-state index >= 15 is 0 Å². The molecule has 8 nitrogen and oxygen atoms in total. The van der Waals surface area contributed by atoms with Crippen LogP contribution < -0.4 is 4.90 Å². The van der Waals surface area contributed by atoms with Crippen molar-refractivity contribution in [1.82, 2.24) is 10.0 Å². The summed E-state index contributed by atoms with van der Waals surface area (Å²) in [5.74, 6) is -0.273. The van der Waals surface area contributed by atoms with Crippen molar-refractivity contribution in [3.63, 3.8) is 0 Å². The maximum absolute atomic E-state index is 14.2. The number of aromatic carboxylic acids is 1. The lowest BCUT2D eigenvalue weighted by molar-refractivity contribution is -0.802. The first kappa shape index (κ1) is 26.2. The van der Waals surface area contributed by atoms with Gasteiger partial charge in [-0.2, -0.15) is 0 Å². The maximum atomic E-state index is 14.2. The summed E-state index contributed by atoms with van der Waals surface area (Å²) in [4.78, 5) is 43.2. The number of hydrogen-bond donors (Lipinski definition) is 1. The molecule has 5 rings (SSSR count). The highest BCUT2D eigenvalue weighted by Crippen LogP contribution is 2.44. The minimum Gasteiger partial charge on any atom is -0.477 e. The first-order valence-electron chi connectivity index (χ1n) is 14.0. The van der Waals surface area contributed by atoms with Gasteiger partial charge in [0, 0.05) is 16.8 Å². The van der Waals surface area contributed by atoms with Gasteiger partial charge >= 0.3 is 5.97 Å². The summed E-state index contributed by atoms with van der Waals surface area (Å²) in [7, 11) is 3.67. The standard InChI is InChI=1S/C28H40N4O4S/c1-19-9-11-21(12-10-19)26(33)31(22-13-15-28(16-14-22)18-29(2)32(36)30(28)3)23-17-24(37-25(23)27(34)35)20-7-5-4-6-8-20/h7,17,19,21-22H,4-6,8-16,18H2,1-3H3/p+1. The number of rotatable bonds is 5. The number of carboxylic acids is 1. The summed E-state index contributed by atoms with van der Waals surface area (Å²) in [5, 5.41) is 13.7. The maximum Gasteiger partial charge on any atom is 0.348 e. The van der Waals surface area contributed by atoms with Gasteiger partial charge < -0.3 is 10.0 Å². The smallest absolute Gasteiger partial charge is 0.348 e. The summed E-state index contributed by atoms with van der Waals surface area (Å²) in [5.41, 5.74) is 1.58. The number of hydrazine groups is 2. The first-order valence-corrected chi connectivity index (χ1v) is 14.8. The van der Waals surface area contributed by atoms with E-state index in [4.69, 9.17) is 0 Å². The molecule has 2 heterocycles. The molecule has 9 heteroatoms. The minimum absolute atomic E-state index is 0.0524. The summed E-state index contributed by atoms with van der Waals surface area (Å²) < 4.78 is 0. The van der Waals surface area contributed by atoms with Crippen LogP contribution in [0.3, 0.4) is 0 Å². The van der Waals surface area contributed by atoms with Gasteiger partial charge in [-0.05, 0) is 94.6 Å². The number of anilines is 1. The lowest BCUT2D eigenvalue weighted by atomic mass is 9.77. The van der Waals surface area contributed by atoms with Gasteiger partial charge in [-0.15, -0.1) is 21.4 Å². The van der Waals surface area contributed by atoms with Gasteiger partial charge in [-0.3, -0.25) is 4.79 Å². The van der Waals surface area contributed by atoms with Crippen LogP contribution >= 0.6 is 11.3 Å². The second-order valence-electron chi connectivity index (χ2n) is 11.8. The zero-order valence-electron chi connectivity index (χ0n) is 22.4. The minimum atomic E-state index is -0.954. The van der Waals surface area contributed by atoms with E-state index in [1.165, 1.54) is 23.3 Å². The van der Waals surface area contributed by atoms with Gasteiger partial charge in [0.25, 0.3) is 4.98 Å². The molecule has 37 heavy (non-hydrogen) atoms. The molecule has 0 atom stereocenters. The van der Waals surface area contributed by atoms with E-state index in [-0.39, 0.29) is 28.3 Å². The molecular weight excluding hydrogens is 488 g/mol. The molecule has 3 fully saturated rings. The van der Waals surface area contributed by atoms with Gasteiger partial charge in [0.2, 0.25) is 5.91 Å². The van der Waals surface area contributed by atoms with E-state index in [2.05, 4.69) is 13.0 Å². The van der Waals surface area contributed by atoms with Crippen molar-refractivity contribution < 1.29 is 19.7 Å². The number of thiophene rings is 1. The summed E-state index contributed by atoms with van der Waals surface area (Å²) in [6.45, 7) is 2.92. The van der Waals surface area contributed by atoms with Crippen LogP contribution in [0.25, 0.3) is 5.57 Å². The number of amides is 1. The molecule has 0 aromatic carbocycles. The fraction of sp³-hybridized carbons (Fsp3) is 0.714. The van der Waals surface area contributed by atoms with Gasteiger partial charge in [0.1, 0.15) is 17.0 Å². The number of carboxylic acid groups (broad SMARTS) is 1. The normalized spacial score (nSPS) is 30.5. The van der Waals surface area contributed by atoms with E-state index in [1.807, 2.05) is 25.1 Å². The molecule has 202 valence electrons. The average molecular weight is 530 g/mol. The summed E-state index contributed by atoms with van der Waals surface area (Å²) in [6, 6.07) is 1.94. The van der Waals surface area contributed by atoms with Crippen molar-refractivity contribution in [2.45, 2.75) is 95.6 Å². The Morgan fingerprint density at radius 1 is 1.11 bits per heavy atom. The molecule has 0 unspecified atom stereocenters. The van der Waals surface area contributed by atoms with E-state index in [1.54, 1.807) is 10.0 Å². The number of nitrogens with zero attached hydrogens (tertiary/aromatic N) is 4.